The number of likely N-dealkylation sites (N-methyl/N-ethyl adjacent to an activating group) is 1. The molecule has 1 aromatic heterocycles. The third kappa shape index (κ3) is 9.04. The van der Waals surface area contributed by atoms with Crippen molar-refractivity contribution in [2.75, 3.05) is 47.5 Å². The van der Waals surface area contributed by atoms with Crippen LogP contribution in [0.15, 0.2) is 35.6 Å². The number of halogens is 1. The van der Waals surface area contributed by atoms with E-state index in [9.17, 15) is 0 Å². The molecular formula is C22H37IN6O2. The van der Waals surface area contributed by atoms with E-state index >= 15 is 0 Å². The molecule has 0 amide bonds. The molecule has 0 radical (unpaired) electrons. The van der Waals surface area contributed by atoms with Crippen molar-refractivity contribution in [3.63, 3.8) is 0 Å². The first-order valence-electron chi connectivity index (χ1n) is 10.3. The largest absolute Gasteiger partial charge is 0.491 e. The summed E-state index contributed by atoms with van der Waals surface area (Å²) in [5.74, 6) is 1.63. The van der Waals surface area contributed by atoms with Gasteiger partial charge in [0.05, 0.1) is 25.4 Å². The predicted octanol–water partition coefficient (Wildman–Crippen LogP) is 2.73. The number of nitrogens with one attached hydrogen (secondary N) is 2. The molecule has 0 fully saturated rings. The van der Waals surface area contributed by atoms with Crippen LogP contribution in [0.5, 0.6) is 5.75 Å². The first kappa shape index (κ1) is 27.2. The van der Waals surface area contributed by atoms with Gasteiger partial charge in [-0.2, -0.15) is 5.10 Å². The smallest absolute Gasteiger partial charge is 0.191 e. The zero-order valence-electron chi connectivity index (χ0n) is 19.5. The number of hydrogen-bond donors (Lipinski definition) is 2. The molecule has 2 aromatic rings. The number of aliphatic imine (C=N–C) groups is 1. The Morgan fingerprint density at radius 2 is 2.03 bits per heavy atom. The van der Waals surface area contributed by atoms with Gasteiger partial charge in [0.25, 0.3) is 0 Å². The first-order chi connectivity index (χ1) is 14.4. The average Bonchev–Trinajstić information content (AvgIpc) is 3.13. The Morgan fingerprint density at radius 1 is 1.26 bits per heavy atom. The van der Waals surface area contributed by atoms with E-state index in [1.807, 2.05) is 30.2 Å². The normalized spacial score (nSPS) is 12.4. The molecule has 2 rings (SSSR count). The third-order valence-electron chi connectivity index (χ3n) is 4.72. The van der Waals surface area contributed by atoms with Gasteiger partial charge in [-0.05, 0) is 39.6 Å². The number of hydrogen-bond acceptors (Lipinski definition) is 5. The maximum absolute atomic E-state index is 5.89. The van der Waals surface area contributed by atoms with Crippen molar-refractivity contribution in [1.82, 2.24) is 25.3 Å². The molecule has 0 saturated heterocycles. The topological polar surface area (TPSA) is 75.9 Å². The minimum absolute atomic E-state index is 0. The van der Waals surface area contributed by atoms with E-state index < -0.39 is 0 Å². The van der Waals surface area contributed by atoms with Crippen LogP contribution >= 0.6 is 24.0 Å². The summed E-state index contributed by atoms with van der Waals surface area (Å²) in [4.78, 5) is 6.95. The Bertz CT molecular complexity index is 809. The molecule has 1 unspecified atom stereocenters. The van der Waals surface area contributed by atoms with Gasteiger partial charge >= 0.3 is 0 Å². The number of aryl methyl sites for hydroxylation is 2. The number of methoxy groups -OCH3 is 1. The Hall–Kier alpha value is -1.85. The van der Waals surface area contributed by atoms with Crippen LogP contribution in [-0.4, -0.2) is 68.1 Å². The van der Waals surface area contributed by atoms with E-state index in [1.165, 1.54) is 5.56 Å². The monoisotopic (exact) mass is 544 g/mol. The summed E-state index contributed by atoms with van der Waals surface area (Å²) in [6.07, 6.45) is 3.96. The quantitative estimate of drug-likeness (QED) is 0.196. The maximum atomic E-state index is 5.89. The average molecular weight is 544 g/mol. The minimum atomic E-state index is 0. The number of nitrogens with zero attached hydrogens (tertiary/aromatic N) is 4. The standard InChI is InChI=1S/C22H36N6O2.HI/c1-7-23-22(25-15-20(27(3)4)19-14-26-28(5)16-19)24-13-18-9-8-17(2)12-21(18)30-11-10-29-6;/h8-9,12,14,16,20H,7,10-11,13,15H2,1-6H3,(H2,23,24,25);1H. The number of ether oxygens (including phenoxy) is 2. The van der Waals surface area contributed by atoms with E-state index in [-0.39, 0.29) is 30.0 Å². The molecular weight excluding hydrogens is 507 g/mol. The molecule has 0 aliphatic heterocycles. The van der Waals surface area contributed by atoms with Crippen LogP contribution in [0, 0.1) is 6.92 Å². The van der Waals surface area contributed by atoms with Gasteiger partial charge in [0, 0.05) is 44.6 Å². The molecule has 0 saturated carbocycles. The number of benzene rings is 1. The highest BCUT2D eigenvalue weighted by atomic mass is 127. The summed E-state index contributed by atoms with van der Waals surface area (Å²) >= 11 is 0. The third-order valence-corrected chi connectivity index (χ3v) is 4.72. The van der Waals surface area contributed by atoms with Crippen LogP contribution < -0.4 is 15.4 Å². The fourth-order valence-corrected chi connectivity index (χ4v) is 3.07. The Morgan fingerprint density at radius 3 is 2.65 bits per heavy atom. The van der Waals surface area contributed by atoms with Gasteiger partial charge in [0.15, 0.2) is 5.96 Å². The van der Waals surface area contributed by atoms with Crippen LogP contribution in [0.25, 0.3) is 0 Å². The molecule has 174 valence electrons. The molecule has 0 spiro atoms. The molecule has 2 N–H and O–H groups in total. The maximum Gasteiger partial charge on any atom is 0.191 e. The van der Waals surface area contributed by atoms with Crippen molar-refractivity contribution >= 4 is 29.9 Å². The second kappa shape index (κ2) is 14.3. The molecule has 31 heavy (non-hydrogen) atoms. The molecule has 1 heterocycles. The summed E-state index contributed by atoms with van der Waals surface area (Å²) in [7, 11) is 7.74. The lowest BCUT2D eigenvalue weighted by molar-refractivity contribution is 0.145. The fourth-order valence-electron chi connectivity index (χ4n) is 3.07. The fraction of sp³-hybridized carbons (Fsp3) is 0.545. The zero-order valence-corrected chi connectivity index (χ0v) is 21.8. The highest BCUT2D eigenvalue weighted by molar-refractivity contribution is 14.0. The summed E-state index contributed by atoms with van der Waals surface area (Å²) in [6, 6.07) is 6.39. The van der Waals surface area contributed by atoms with Gasteiger partial charge in [0.2, 0.25) is 0 Å². The first-order valence-corrected chi connectivity index (χ1v) is 10.3. The minimum Gasteiger partial charge on any atom is -0.491 e. The van der Waals surface area contributed by atoms with E-state index in [0.717, 1.165) is 35.9 Å². The summed E-state index contributed by atoms with van der Waals surface area (Å²) in [5, 5.41) is 11.1. The van der Waals surface area contributed by atoms with Crippen molar-refractivity contribution in [2.45, 2.75) is 26.4 Å². The molecule has 0 aliphatic carbocycles. The van der Waals surface area contributed by atoms with Gasteiger partial charge in [-0.1, -0.05) is 12.1 Å². The van der Waals surface area contributed by atoms with Crippen LogP contribution in [0.1, 0.15) is 29.7 Å². The molecule has 1 aromatic carbocycles. The van der Waals surface area contributed by atoms with Crippen LogP contribution in [-0.2, 0) is 18.3 Å². The van der Waals surface area contributed by atoms with Gasteiger partial charge < -0.3 is 25.0 Å². The van der Waals surface area contributed by atoms with Crippen molar-refractivity contribution in [3.05, 3.63) is 47.3 Å². The zero-order chi connectivity index (χ0) is 21.9. The van der Waals surface area contributed by atoms with Gasteiger partial charge in [0.1, 0.15) is 12.4 Å². The van der Waals surface area contributed by atoms with Crippen molar-refractivity contribution < 1.29 is 9.47 Å². The van der Waals surface area contributed by atoms with Crippen molar-refractivity contribution in [1.29, 1.82) is 0 Å². The van der Waals surface area contributed by atoms with E-state index in [1.54, 1.807) is 7.11 Å². The number of rotatable bonds is 11. The van der Waals surface area contributed by atoms with Crippen LogP contribution in [0.2, 0.25) is 0 Å². The Balaban J connectivity index is 0.00000480. The summed E-state index contributed by atoms with van der Waals surface area (Å²) in [6.45, 7) is 7.23. The van der Waals surface area contributed by atoms with Gasteiger partial charge in [-0.3, -0.25) is 4.68 Å². The molecule has 0 aliphatic rings. The molecule has 0 bridgehead atoms. The van der Waals surface area contributed by atoms with Crippen molar-refractivity contribution in [2.24, 2.45) is 12.0 Å². The van der Waals surface area contributed by atoms with E-state index in [2.05, 4.69) is 60.7 Å². The lowest BCUT2D eigenvalue weighted by Crippen LogP contribution is -2.41. The molecule has 8 nitrogen and oxygen atoms in total. The Kier molecular flexibility index (Phi) is 12.5. The number of guanidine groups is 1. The molecule has 1 atom stereocenters. The van der Waals surface area contributed by atoms with Crippen LogP contribution in [0.4, 0.5) is 0 Å². The highest BCUT2D eigenvalue weighted by Crippen LogP contribution is 2.21. The second-order valence-corrected chi connectivity index (χ2v) is 7.46. The van der Waals surface area contributed by atoms with Gasteiger partial charge in [-0.25, -0.2) is 4.99 Å². The highest BCUT2D eigenvalue weighted by Gasteiger charge is 2.16. The predicted molar refractivity (Wildman–Crippen MR) is 136 cm³/mol. The molecule has 9 heteroatoms. The van der Waals surface area contributed by atoms with E-state index in [4.69, 9.17) is 14.5 Å². The Labute approximate surface area is 203 Å². The van der Waals surface area contributed by atoms with Crippen LogP contribution in [0.3, 0.4) is 0 Å². The number of aromatic nitrogens is 2. The lowest BCUT2D eigenvalue weighted by Gasteiger charge is -2.24. The summed E-state index contributed by atoms with van der Waals surface area (Å²) in [5.41, 5.74) is 3.37. The second-order valence-electron chi connectivity index (χ2n) is 7.46. The SMILES string of the molecule is CCNC(=NCc1ccc(C)cc1OCCOC)NCC(c1cnn(C)c1)N(C)C.I. The van der Waals surface area contributed by atoms with E-state index in [0.29, 0.717) is 19.8 Å². The summed E-state index contributed by atoms with van der Waals surface area (Å²) < 4.78 is 12.8. The van der Waals surface area contributed by atoms with Gasteiger partial charge in [-0.15, -0.1) is 24.0 Å². The lowest BCUT2D eigenvalue weighted by atomic mass is 10.1. The van der Waals surface area contributed by atoms with Crippen molar-refractivity contribution in [3.8, 4) is 5.75 Å².